The zero-order valence-electron chi connectivity index (χ0n) is 19.7. The minimum atomic E-state index is 0.406. The second-order valence-corrected chi connectivity index (χ2v) is 11.5. The average molecular weight is 393 g/mol. The van der Waals surface area contributed by atoms with Crippen LogP contribution in [0.4, 0.5) is 0 Å². The quantitative estimate of drug-likeness (QED) is 0.421. The van der Waals surface area contributed by atoms with Gasteiger partial charge >= 0.3 is 0 Å². The fourth-order valence-corrected chi connectivity index (χ4v) is 6.56. The van der Waals surface area contributed by atoms with E-state index in [1.54, 1.807) is 0 Å². The van der Waals surface area contributed by atoms with Gasteiger partial charge in [-0.1, -0.05) is 102 Å². The standard InChI is InChI=1S/C29H44/c1-23(24-14-9-7-6-8-10-15-24)25-16-11-12-17-26(20-19-25)27-18-13-21-28(2,3)22-29(27,4)5/h6-10,13-15,18,23,25-27H,11-12,16-17,19-22H2,1-5H3. The van der Waals surface area contributed by atoms with Crippen molar-refractivity contribution in [1.29, 1.82) is 0 Å². The molecule has 0 heteroatoms. The number of hydrogen-bond donors (Lipinski definition) is 0. The van der Waals surface area contributed by atoms with Crippen LogP contribution in [0.1, 0.15) is 86.0 Å². The lowest BCUT2D eigenvalue weighted by Gasteiger charge is -2.42. The van der Waals surface area contributed by atoms with Crippen LogP contribution >= 0.6 is 0 Å². The van der Waals surface area contributed by atoms with Crippen molar-refractivity contribution >= 4 is 0 Å². The first-order chi connectivity index (χ1) is 13.8. The Hall–Kier alpha value is -1.30. The maximum Gasteiger partial charge on any atom is -0.0154 e. The molecule has 3 rings (SSSR count). The summed E-state index contributed by atoms with van der Waals surface area (Å²) in [5.74, 6) is 3.07. The maximum atomic E-state index is 2.62. The van der Waals surface area contributed by atoms with Crippen LogP contribution in [0.5, 0.6) is 0 Å². The summed E-state index contributed by atoms with van der Waals surface area (Å²) in [6.45, 7) is 12.5. The summed E-state index contributed by atoms with van der Waals surface area (Å²) in [5, 5.41) is 0. The van der Waals surface area contributed by atoms with Crippen molar-refractivity contribution < 1.29 is 0 Å². The van der Waals surface area contributed by atoms with Crippen molar-refractivity contribution in [2.24, 2.45) is 34.5 Å². The molecule has 4 unspecified atom stereocenters. The van der Waals surface area contributed by atoms with Crippen LogP contribution in [-0.4, -0.2) is 0 Å². The minimum Gasteiger partial charge on any atom is -0.0877 e. The van der Waals surface area contributed by atoms with Gasteiger partial charge in [0, 0.05) is 0 Å². The fourth-order valence-electron chi connectivity index (χ4n) is 6.56. The van der Waals surface area contributed by atoms with Crippen LogP contribution in [0, 0.1) is 34.5 Å². The smallest absolute Gasteiger partial charge is 0.0154 e. The molecule has 0 bridgehead atoms. The van der Waals surface area contributed by atoms with Crippen molar-refractivity contribution in [3.8, 4) is 0 Å². The average Bonchev–Trinajstić information content (AvgIpc) is 2.68. The summed E-state index contributed by atoms with van der Waals surface area (Å²) < 4.78 is 0. The summed E-state index contributed by atoms with van der Waals surface area (Å²) >= 11 is 0. The van der Waals surface area contributed by atoms with E-state index in [1.165, 1.54) is 56.9 Å². The Morgan fingerprint density at radius 1 is 0.862 bits per heavy atom. The minimum absolute atomic E-state index is 0.406. The third-order valence-corrected chi connectivity index (χ3v) is 7.92. The second-order valence-electron chi connectivity index (χ2n) is 11.5. The molecule has 0 amide bonds. The molecule has 0 saturated heterocycles. The molecule has 0 nitrogen and oxygen atoms in total. The number of allylic oxidation sites excluding steroid dienone is 10. The zero-order chi connectivity index (χ0) is 20.9. The molecule has 4 atom stereocenters. The summed E-state index contributed by atoms with van der Waals surface area (Å²) in [6.07, 6.45) is 31.6. The Morgan fingerprint density at radius 3 is 2.41 bits per heavy atom. The summed E-state index contributed by atoms with van der Waals surface area (Å²) in [4.78, 5) is 0. The van der Waals surface area contributed by atoms with E-state index in [4.69, 9.17) is 0 Å². The number of rotatable bonds is 3. The van der Waals surface area contributed by atoms with E-state index in [0.29, 0.717) is 16.7 Å². The molecule has 0 aliphatic heterocycles. The highest BCUT2D eigenvalue weighted by molar-refractivity contribution is 5.32. The van der Waals surface area contributed by atoms with Crippen LogP contribution in [0.2, 0.25) is 0 Å². The second kappa shape index (κ2) is 9.67. The Balaban J connectivity index is 1.70. The van der Waals surface area contributed by atoms with Gasteiger partial charge in [0.15, 0.2) is 0 Å². The van der Waals surface area contributed by atoms with Crippen molar-refractivity contribution in [3.05, 3.63) is 60.3 Å². The highest BCUT2D eigenvalue weighted by atomic mass is 14.4. The van der Waals surface area contributed by atoms with Crippen molar-refractivity contribution in [2.75, 3.05) is 0 Å². The molecule has 0 aromatic carbocycles. The first kappa shape index (κ1) is 22.4. The first-order valence-electron chi connectivity index (χ1n) is 12.2. The third-order valence-electron chi connectivity index (χ3n) is 7.92. The van der Waals surface area contributed by atoms with E-state index in [2.05, 4.69) is 89.3 Å². The fraction of sp³-hybridized carbons (Fsp3) is 0.655. The lowest BCUT2D eigenvalue weighted by molar-refractivity contribution is 0.0989. The van der Waals surface area contributed by atoms with Crippen molar-refractivity contribution in [1.82, 2.24) is 0 Å². The number of hydrogen-bond acceptors (Lipinski definition) is 0. The van der Waals surface area contributed by atoms with E-state index in [9.17, 15) is 0 Å². The molecule has 0 N–H and O–H groups in total. The summed E-state index contributed by atoms with van der Waals surface area (Å²) in [5.41, 5.74) is 2.35. The van der Waals surface area contributed by atoms with Gasteiger partial charge in [0.1, 0.15) is 0 Å². The van der Waals surface area contributed by atoms with Gasteiger partial charge in [0.05, 0.1) is 0 Å². The van der Waals surface area contributed by atoms with E-state index in [1.807, 2.05) is 0 Å². The molecule has 3 aliphatic rings. The molecule has 0 aromatic heterocycles. The normalized spacial score (nSPS) is 33.0. The maximum absolute atomic E-state index is 2.62. The Morgan fingerprint density at radius 2 is 1.59 bits per heavy atom. The van der Waals surface area contributed by atoms with Crippen LogP contribution < -0.4 is 0 Å². The van der Waals surface area contributed by atoms with Crippen LogP contribution in [0.25, 0.3) is 0 Å². The van der Waals surface area contributed by atoms with E-state index in [-0.39, 0.29) is 0 Å². The van der Waals surface area contributed by atoms with Gasteiger partial charge in [0.2, 0.25) is 0 Å². The third kappa shape index (κ3) is 6.09. The lowest BCUT2D eigenvalue weighted by atomic mass is 9.63. The highest BCUT2D eigenvalue weighted by Crippen LogP contribution is 2.50. The van der Waals surface area contributed by atoms with Crippen LogP contribution in [0.3, 0.4) is 0 Å². The Kier molecular flexibility index (Phi) is 7.47. The van der Waals surface area contributed by atoms with Gasteiger partial charge in [-0.15, -0.1) is 0 Å². The molecule has 1 saturated carbocycles. The molecular formula is C29H44. The zero-order valence-corrected chi connectivity index (χ0v) is 19.7. The molecule has 29 heavy (non-hydrogen) atoms. The predicted molar refractivity (Wildman–Crippen MR) is 129 cm³/mol. The Bertz CT molecular complexity index is 679. The molecule has 0 spiro atoms. The van der Waals surface area contributed by atoms with Crippen molar-refractivity contribution in [3.63, 3.8) is 0 Å². The van der Waals surface area contributed by atoms with E-state index >= 15 is 0 Å². The molecular weight excluding hydrogens is 348 g/mol. The van der Waals surface area contributed by atoms with Crippen LogP contribution in [-0.2, 0) is 0 Å². The monoisotopic (exact) mass is 392 g/mol. The van der Waals surface area contributed by atoms with Crippen LogP contribution in [0.15, 0.2) is 60.3 Å². The molecule has 1 fully saturated rings. The van der Waals surface area contributed by atoms with Gasteiger partial charge in [-0.2, -0.15) is 0 Å². The molecule has 0 heterocycles. The van der Waals surface area contributed by atoms with Gasteiger partial charge in [-0.25, -0.2) is 0 Å². The molecule has 160 valence electrons. The topological polar surface area (TPSA) is 0 Å². The first-order valence-corrected chi connectivity index (χ1v) is 12.2. The molecule has 0 aromatic rings. The predicted octanol–water partition coefficient (Wildman–Crippen LogP) is 8.84. The van der Waals surface area contributed by atoms with E-state index < -0.39 is 0 Å². The molecule has 0 radical (unpaired) electrons. The van der Waals surface area contributed by atoms with Gasteiger partial charge in [0.25, 0.3) is 0 Å². The summed E-state index contributed by atoms with van der Waals surface area (Å²) in [6, 6.07) is 0. The van der Waals surface area contributed by atoms with Gasteiger partial charge in [-0.05, 0) is 78.6 Å². The Labute approximate surface area is 180 Å². The van der Waals surface area contributed by atoms with E-state index in [0.717, 1.165) is 17.8 Å². The largest absolute Gasteiger partial charge is 0.0877 e. The van der Waals surface area contributed by atoms with Gasteiger partial charge in [-0.3, -0.25) is 0 Å². The van der Waals surface area contributed by atoms with Gasteiger partial charge < -0.3 is 0 Å². The summed E-state index contributed by atoms with van der Waals surface area (Å²) in [7, 11) is 0. The van der Waals surface area contributed by atoms with Crippen molar-refractivity contribution in [2.45, 2.75) is 86.0 Å². The lowest BCUT2D eigenvalue weighted by Crippen LogP contribution is -2.33. The molecule has 3 aliphatic carbocycles. The SMILES string of the molecule is CC(C1=CC=CC=CC=C1)C1CCCCC(C2C=CCC(C)(C)CC2(C)C)CC1. The highest BCUT2D eigenvalue weighted by Gasteiger charge is 2.39.